The summed E-state index contributed by atoms with van der Waals surface area (Å²) < 4.78 is 31.2. The number of aromatic nitrogens is 1. The quantitative estimate of drug-likeness (QED) is 0.838. The molecule has 2 aromatic rings. The normalized spacial score (nSPS) is 11.6. The molecule has 0 amide bonds. The lowest BCUT2D eigenvalue weighted by Gasteiger charge is -2.02. The summed E-state index contributed by atoms with van der Waals surface area (Å²) in [5, 5.41) is 12.5. The van der Waals surface area contributed by atoms with E-state index in [-0.39, 0.29) is 12.5 Å². The maximum Gasteiger partial charge on any atom is 0.264 e. The zero-order valence-corrected chi connectivity index (χ0v) is 11.1. The van der Waals surface area contributed by atoms with Gasteiger partial charge >= 0.3 is 0 Å². The van der Waals surface area contributed by atoms with Crippen LogP contribution in [-0.2, 0) is 20.7 Å². The third kappa shape index (κ3) is 4.08. The zero-order valence-electron chi connectivity index (χ0n) is 10.2. The molecule has 1 aromatic heterocycles. The van der Waals surface area contributed by atoms with Gasteiger partial charge in [0.05, 0.1) is 12.9 Å². The second-order valence-corrected chi connectivity index (χ2v) is 5.67. The van der Waals surface area contributed by atoms with Crippen LogP contribution in [0.3, 0.4) is 0 Å². The Labute approximate surface area is 110 Å². The Morgan fingerprint density at radius 1 is 1.32 bits per heavy atom. The Kier molecular flexibility index (Phi) is 3.87. The third-order valence-corrected chi connectivity index (χ3v) is 3.02. The summed E-state index contributed by atoms with van der Waals surface area (Å²) in [6.07, 6.45) is 1.52. The first-order valence-corrected chi connectivity index (χ1v) is 7.35. The van der Waals surface area contributed by atoms with Crippen LogP contribution in [0.1, 0.15) is 5.56 Å². The van der Waals surface area contributed by atoms with Gasteiger partial charge in [-0.15, -0.1) is 0 Å². The first-order chi connectivity index (χ1) is 8.94. The van der Waals surface area contributed by atoms with Crippen molar-refractivity contribution < 1.29 is 22.2 Å². The van der Waals surface area contributed by atoms with Gasteiger partial charge in [-0.3, -0.25) is 4.18 Å². The molecule has 19 heavy (non-hydrogen) atoms. The SMILES string of the molecule is CS(=O)(=O)OCCc1ccc(-c2cc(O)no2)cc1. The standard InChI is InChI=1S/C12H13NO5S/c1-19(15,16)17-7-6-9-2-4-10(5-3-9)11-8-12(14)13-18-11/h2-5,8H,6-7H2,1H3,(H,13,14). The molecular weight excluding hydrogens is 270 g/mol. The molecule has 0 aliphatic carbocycles. The average Bonchev–Trinajstić information content (AvgIpc) is 2.75. The van der Waals surface area contributed by atoms with Crippen LogP contribution in [0.15, 0.2) is 34.9 Å². The van der Waals surface area contributed by atoms with Crippen LogP contribution < -0.4 is 0 Å². The van der Waals surface area contributed by atoms with E-state index in [1.165, 1.54) is 6.07 Å². The van der Waals surface area contributed by atoms with Crippen molar-refractivity contribution in [3.63, 3.8) is 0 Å². The number of aromatic hydroxyl groups is 1. The number of benzene rings is 1. The van der Waals surface area contributed by atoms with Crippen molar-refractivity contribution in [1.82, 2.24) is 5.16 Å². The Bertz CT molecular complexity index is 645. The van der Waals surface area contributed by atoms with Crippen LogP contribution in [0.2, 0.25) is 0 Å². The topological polar surface area (TPSA) is 89.6 Å². The summed E-state index contributed by atoms with van der Waals surface area (Å²) in [6.45, 7) is 0.112. The van der Waals surface area contributed by atoms with Gasteiger partial charge in [-0.25, -0.2) is 0 Å². The van der Waals surface area contributed by atoms with Crippen LogP contribution in [-0.4, -0.2) is 31.5 Å². The molecule has 0 aliphatic heterocycles. The molecule has 0 unspecified atom stereocenters. The minimum atomic E-state index is -3.39. The summed E-state index contributed by atoms with van der Waals surface area (Å²) in [4.78, 5) is 0. The second kappa shape index (κ2) is 5.41. The first-order valence-electron chi connectivity index (χ1n) is 5.53. The minimum absolute atomic E-state index is 0.112. The Hall–Kier alpha value is -1.86. The van der Waals surface area contributed by atoms with Crippen LogP contribution >= 0.6 is 0 Å². The molecule has 0 spiro atoms. The third-order valence-electron chi connectivity index (χ3n) is 2.42. The van der Waals surface area contributed by atoms with E-state index >= 15 is 0 Å². The van der Waals surface area contributed by atoms with Gasteiger partial charge in [-0.1, -0.05) is 24.3 Å². The lowest BCUT2D eigenvalue weighted by Crippen LogP contribution is -2.06. The van der Waals surface area contributed by atoms with Gasteiger partial charge in [0.1, 0.15) is 0 Å². The maximum absolute atomic E-state index is 10.8. The van der Waals surface area contributed by atoms with E-state index in [4.69, 9.17) is 9.63 Å². The van der Waals surface area contributed by atoms with Gasteiger partial charge in [0, 0.05) is 11.6 Å². The average molecular weight is 283 g/mol. The van der Waals surface area contributed by atoms with E-state index in [0.29, 0.717) is 12.2 Å². The molecule has 1 heterocycles. The maximum atomic E-state index is 10.8. The molecule has 2 rings (SSSR count). The van der Waals surface area contributed by atoms with E-state index in [1.54, 1.807) is 12.1 Å². The Morgan fingerprint density at radius 2 is 2.00 bits per heavy atom. The molecule has 0 saturated heterocycles. The fraction of sp³-hybridized carbons (Fsp3) is 0.250. The molecular formula is C12H13NO5S. The molecule has 1 aromatic carbocycles. The number of rotatable bonds is 5. The Morgan fingerprint density at radius 3 is 2.53 bits per heavy atom. The van der Waals surface area contributed by atoms with E-state index in [0.717, 1.165) is 17.4 Å². The van der Waals surface area contributed by atoms with Crippen LogP contribution in [0.25, 0.3) is 11.3 Å². The summed E-state index contributed by atoms with van der Waals surface area (Å²) in [5.74, 6) is 0.303. The summed E-state index contributed by atoms with van der Waals surface area (Å²) in [6, 6.07) is 8.69. The van der Waals surface area contributed by atoms with Crippen molar-refractivity contribution in [3.05, 3.63) is 35.9 Å². The highest BCUT2D eigenvalue weighted by atomic mass is 32.2. The van der Waals surface area contributed by atoms with Gasteiger partial charge in [-0.2, -0.15) is 8.42 Å². The summed E-state index contributed by atoms with van der Waals surface area (Å²) in [7, 11) is -3.39. The molecule has 0 aliphatic rings. The lowest BCUT2D eigenvalue weighted by molar-refractivity contribution is 0.326. The van der Waals surface area contributed by atoms with E-state index in [1.807, 2.05) is 12.1 Å². The highest BCUT2D eigenvalue weighted by molar-refractivity contribution is 7.85. The number of hydrogen-bond acceptors (Lipinski definition) is 6. The van der Waals surface area contributed by atoms with Crippen LogP contribution in [0, 0.1) is 0 Å². The predicted octanol–water partition coefficient (Wildman–Crippen LogP) is 1.57. The van der Waals surface area contributed by atoms with Crippen molar-refractivity contribution in [3.8, 4) is 17.2 Å². The number of hydrogen-bond donors (Lipinski definition) is 1. The Balaban J connectivity index is 1.99. The zero-order chi connectivity index (χ0) is 13.9. The smallest absolute Gasteiger partial charge is 0.264 e. The van der Waals surface area contributed by atoms with Crippen LogP contribution in [0.5, 0.6) is 5.88 Å². The monoisotopic (exact) mass is 283 g/mol. The highest BCUT2D eigenvalue weighted by Gasteiger charge is 2.06. The largest absolute Gasteiger partial charge is 0.491 e. The fourth-order valence-corrected chi connectivity index (χ4v) is 1.93. The fourth-order valence-electron chi connectivity index (χ4n) is 1.55. The molecule has 0 radical (unpaired) electrons. The van der Waals surface area contributed by atoms with E-state index in [2.05, 4.69) is 9.34 Å². The molecule has 0 fully saturated rings. The van der Waals surface area contributed by atoms with Crippen LogP contribution in [0.4, 0.5) is 0 Å². The van der Waals surface area contributed by atoms with Crippen molar-refractivity contribution in [1.29, 1.82) is 0 Å². The van der Waals surface area contributed by atoms with E-state index < -0.39 is 10.1 Å². The minimum Gasteiger partial charge on any atom is -0.491 e. The van der Waals surface area contributed by atoms with E-state index in [9.17, 15) is 8.42 Å². The van der Waals surface area contributed by atoms with Gasteiger partial charge in [-0.05, 0) is 17.1 Å². The van der Waals surface area contributed by atoms with Crippen molar-refractivity contribution >= 4 is 10.1 Å². The molecule has 0 bridgehead atoms. The first kappa shape index (κ1) is 13.6. The molecule has 1 N–H and O–H groups in total. The van der Waals surface area contributed by atoms with Gasteiger partial charge in [0.15, 0.2) is 5.76 Å². The lowest BCUT2D eigenvalue weighted by atomic mass is 10.1. The van der Waals surface area contributed by atoms with Gasteiger partial charge < -0.3 is 9.63 Å². The van der Waals surface area contributed by atoms with Crippen molar-refractivity contribution in [2.45, 2.75) is 6.42 Å². The highest BCUT2D eigenvalue weighted by Crippen LogP contribution is 2.23. The number of nitrogens with zero attached hydrogens (tertiary/aromatic N) is 1. The van der Waals surface area contributed by atoms with Crippen molar-refractivity contribution in [2.24, 2.45) is 0 Å². The second-order valence-electron chi connectivity index (χ2n) is 4.02. The summed E-state index contributed by atoms with van der Waals surface area (Å²) in [5.41, 5.74) is 1.72. The van der Waals surface area contributed by atoms with Crippen molar-refractivity contribution in [2.75, 3.05) is 12.9 Å². The molecule has 7 heteroatoms. The van der Waals surface area contributed by atoms with Gasteiger partial charge in [0.2, 0.25) is 0 Å². The molecule has 6 nitrogen and oxygen atoms in total. The molecule has 0 atom stereocenters. The molecule has 0 saturated carbocycles. The van der Waals surface area contributed by atoms with Gasteiger partial charge in [0.25, 0.3) is 16.0 Å². The summed E-state index contributed by atoms with van der Waals surface area (Å²) >= 11 is 0. The molecule has 102 valence electrons. The predicted molar refractivity (Wildman–Crippen MR) is 68.1 cm³/mol.